The van der Waals surface area contributed by atoms with Crippen LogP contribution in [0.3, 0.4) is 0 Å². The highest BCUT2D eigenvalue weighted by atomic mass is 19.1. The maximum Gasteiger partial charge on any atom is 0.232 e. The number of halogens is 1. The van der Waals surface area contributed by atoms with Gasteiger partial charge in [0.25, 0.3) is 0 Å². The zero-order valence-corrected chi connectivity index (χ0v) is 15.8. The van der Waals surface area contributed by atoms with Crippen LogP contribution in [-0.2, 0) is 12.0 Å². The molecule has 2 rings (SSSR count). The van der Waals surface area contributed by atoms with E-state index in [1.165, 1.54) is 12.1 Å². The van der Waals surface area contributed by atoms with Crippen molar-refractivity contribution in [2.45, 2.75) is 45.8 Å². The second-order valence-electron chi connectivity index (χ2n) is 6.96. The Morgan fingerprint density at radius 2 is 2.12 bits per heavy atom. The van der Waals surface area contributed by atoms with Crippen LogP contribution in [0.1, 0.15) is 39.4 Å². The van der Waals surface area contributed by atoms with Gasteiger partial charge in [-0.05, 0) is 19.1 Å². The second kappa shape index (κ2) is 8.64. The van der Waals surface area contributed by atoms with Crippen molar-refractivity contribution in [2.24, 2.45) is 4.99 Å². The predicted octanol–water partition coefficient (Wildman–Crippen LogP) is 2.64. The Hall–Kier alpha value is -2.64. The smallest absolute Gasteiger partial charge is 0.232 e. The molecule has 0 amide bonds. The zero-order valence-electron chi connectivity index (χ0n) is 15.8. The lowest BCUT2D eigenvalue weighted by Gasteiger charge is -2.17. The molecule has 0 aliphatic carbocycles. The molecule has 1 unspecified atom stereocenters. The van der Waals surface area contributed by atoms with Gasteiger partial charge >= 0.3 is 0 Å². The Labute approximate surface area is 153 Å². The van der Waals surface area contributed by atoms with E-state index in [9.17, 15) is 4.39 Å². The van der Waals surface area contributed by atoms with Crippen molar-refractivity contribution in [1.29, 1.82) is 0 Å². The van der Waals surface area contributed by atoms with Gasteiger partial charge in [0.15, 0.2) is 11.8 Å². The van der Waals surface area contributed by atoms with Gasteiger partial charge in [-0.1, -0.05) is 32.0 Å². The number of guanidine groups is 1. The molecular weight excluding hydrogens is 337 g/mol. The number of aromatic nitrogens is 2. The first-order valence-electron chi connectivity index (χ1n) is 8.47. The van der Waals surface area contributed by atoms with Crippen molar-refractivity contribution in [3.8, 4) is 5.75 Å². The molecule has 2 N–H and O–H groups in total. The normalized spacial score (nSPS) is 13.4. The summed E-state index contributed by atoms with van der Waals surface area (Å²) in [6.45, 7) is 8.81. The minimum atomic E-state index is -0.324. The van der Waals surface area contributed by atoms with Crippen LogP contribution in [0.15, 0.2) is 33.8 Å². The van der Waals surface area contributed by atoms with Crippen LogP contribution in [0, 0.1) is 5.82 Å². The fourth-order valence-electron chi connectivity index (χ4n) is 2.07. The van der Waals surface area contributed by atoms with Gasteiger partial charge < -0.3 is 19.9 Å². The Morgan fingerprint density at radius 3 is 2.73 bits per heavy atom. The summed E-state index contributed by atoms with van der Waals surface area (Å²) >= 11 is 0. The Balaban J connectivity index is 1.79. The summed E-state index contributed by atoms with van der Waals surface area (Å²) in [5.74, 6) is 1.90. The Kier molecular flexibility index (Phi) is 6.54. The first-order chi connectivity index (χ1) is 12.3. The molecule has 0 aliphatic heterocycles. The molecule has 0 saturated carbocycles. The lowest BCUT2D eigenvalue weighted by atomic mass is 9.97. The molecule has 2 aromatic rings. The molecule has 8 heteroatoms. The summed E-state index contributed by atoms with van der Waals surface area (Å²) < 4.78 is 24.1. The van der Waals surface area contributed by atoms with E-state index in [2.05, 4.69) is 25.8 Å². The lowest BCUT2D eigenvalue weighted by molar-refractivity contribution is 0.223. The van der Waals surface area contributed by atoms with Crippen molar-refractivity contribution in [3.05, 3.63) is 41.8 Å². The van der Waals surface area contributed by atoms with Crippen LogP contribution < -0.4 is 15.4 Å². The summed E-state index contributed by atoms with van der Waals surface area (Å²) in [5.41, 5.74) is -0.186. The van der Waals surface area contributed by atoms with Gasteiger partial charge in [0.1, 0.15) is 17.7 Å². The standard InChI is InChI=1S/C18H26FN5O2/c1-12(25-14-8-6-7-13(19)9-14)10-21-17(20-5)22-11-15-23-16(26-24-15)18(2,3)4/h6-9,12H,10-11H2,1-5H3,(H2,20,21,22). The number of hydrogen-bond donors (Lipinski definition) is 2. The summed E-state index contributed by atoms with van der Waals surface area (Å²) in [6.07, 6.45) is -0.173. The molecule has 1 heterocycles. The maximum atomic E-state index is 13.2. The van der Waals surface area contributed by atoms with Crippen molar-refractivity contribution >= 4 is 5.96 Å². The summed E-state index contributed by atoms with van der Waals surface area (Å²) in [4.78, 5) is 8.51. The highest BCUT2D eigenvalue weighted by molar-refractivity contribution is 5.79. The molecule has 142 valence electrons. The van der Waals surface area contributed by atoms with Crippen LogP contribution >= 0.6 is 0 Å². The molecule has 1 aromatic carbocycles. The third kappa shape index (κ3) is 6.02. The fourth-order valence-corrected chi connectivity index (χ4v) is 2.07. The van der Waals surface area contributed by atoms with Crippen molar-refractivity contribution in [2.75, 3.05) is 13.6 Å². The topological polar surface area (TPSA) is 84.6 Å². The van der Waals surface area contributed by atoms with E-state index in [1.54, 1.807) is 19.2 Å². The van der Waals surface area contributed by atoms with E-state index < -0.39 is 0 Å². The summed E-state index contributed by atoms with van der Waals surface area (Å²) in [6, 6.07) is 6.06. The molecule has 0 spiro atoms. The minimum Gasteiger partial charge on any atom is -0.489 e. The van der Waals surface area contributed by atoms with Crippen LogP contribution in [-0.4, -0.2) is 35.8 Å². The number of hydrogen-bond acceptors (Lipinski definition) is 5. The zero-order chi connectivity index (χ0) is 19.2. The number of aliphatic imine (C=N–C) groups is 1. The van der Waals surface area contributed by atoms with E-state index >= 15 is 0 Å². The Morgan fingerprint density at radius 1 is 1.35 bits per heavy atom. The number of nitrogens with zero attached hydrogens (tertiary/aromatic N) is 3. The van der Waals surface area contributed by atoms with Gasteiger partial charge in [0.05, 0.1) is 13.1 Å². The van der Waals surface area contributed by atoms with E-state index in [0.29, 0.717) is 36.5 Å². The predicted molar refractivity (Wildman–Crippen MR) is 97.7 cm³/mol. The van der Waals surface area contributed by atoms with Crippen LogP contribution in [0.2, 0.25) is 0 Å². The third-order valence-electron chi connectivity index (χ3n) is 3.44. The van der Waals surface area contributed by atoms with Crippen molar-refractivity contribution in [1.82, 2.24) is 20.8 Å². The highest BCUT2D eigenvalue weighted by Crippen LogP contribution is 2.19. The first-order valence-corrected chi connectivity index (χ1v) is 8.47. The average molecular weight is 363 g/mol. The van der Waals surface area contributed by atoms with Gasteiger partial charge in [-0.2, -0.15) is 4.98 Å². The molecular formula is C18H26FN5O2. The largest absolute Gasteiger partial charge is 0.489 e. The van der Waals surface area contributed by atoms with Gasteiger partial charge in [0.2, 0.25) is 5.89 Å². The number of benzene rings is 1. The molecule has 0 saturated heterocycles. The van der Waals surface area contributed by atoms with Gasteiger partial charge in [-0.25, -0.2) is 4.39 Å². The fraction of sp³-hybridized carbons (Fsp3) is 0.500. The van der Waals surface area contributed by atoms with Crippen LogP contribution in [0.25, 0.3) is 0 Å². The number of ether oxygens (including phenoxy) is 1. The second-order valence-corrected chi connectivity index (χ2v) is 6.96. The number of rotatable bonds is 6. The molecule has 0 fully saturated rings. The minimum absolute atomic E-state index is 0.173. The van der Waals surface area contributed by atoms with E-state index in [-0.39, 0.29) is 17.3 Å². The monoisotopic (exact) mass is 363 g/mol. The summed E-state index contributed by atoms with van der Waals surface area (Å²) in [7, 11) is 1.67. The van der Waals surface area contributed by atoms with Crippen LogP contribution in [0.4, 0.5) is 4.39 Å². The van der Waals surface area contributed by atoms with Gasteiger partial charge in [-0.3, -0.25) is 4.99 Å². The van der Waals surface area contributed by atoms with E-state index in [0.717, 1.165) is 0 Å². The lowest BCUT2D eigenvalue weighted by Crippen LogP contribution is -2.41. The molecule has 1 aromatic heterocycles. The quantitative estimate of drug-likeness (QED) is 0.606. The molecule has 1 atom stereocenters. The molecule has 0 radical (unpaired) electrons. The average Bonchev–Trinajstić information content (AvgIpc) is 3.04. The molecule has 26 heavy (non-hydrogen) atoms. The third-order valence-corrected chi connectivity index (χ3v) is 3.44. The molecule has 0 aliphatic rings. The Bertz CT molecular complexity index is 739. The number of nitrogens with one attached hydrogen (secondary N) is 2. The van der Waals surface area contributed by atoms with Crippen molar-refractivity contribution < 1.29 is 13.7 Å². The summed E-state index contributed by atoms with van der Waals surface area (Å²) in [5, 5.41) is 10.2. The van der Waals surface area contributed by atoms with E-state index in [4.69, 9.17) is 9.26 Å². The molecule has 7 nitrogen and oxygen atoms in total. The van der Waals surface area contributed by atoms with Gasteiger partial charge in [-0.15, -0.1) is 0 Å². The SMILES string of the molecule is CN=C(NCc1noc(C(C)(C)C)n1)NCC(C)Oc1cccc(F)c1. The van der Waals surface area contributed by atoms with Gasteiger partial charge in [0, 0.05) is 18.5 Å². The van der Waals surface area contributed by atoms with Crippen LogP contribution in [0.5, 0.6) is 5.75 Å². The van der Waals surface area contributed by atoms with Crippen molar-refractivity contribution in [3.63, 3.8) is 0 Å². The molecule has 0 bridgehead atoms. The first kappa shape index (κ1) is 19.7. The maximum absolute atomic E-state index is 13.2. The van der Waals surface area contributed by atoms with E-state index in [1.807, 2.05) is 27.7 Å². The highest BCUT2D eigenvalue weighted by Gasteiger charge is 2.21.